The lowest BCUT2D eigenvalue weighted by Gasteiger charge is -2.09. The van der Waals surface area contributed by atoms with Gasteiger partial charge in [-0.3, -0.25) is 9.59 Å². The molecule has 2 rings (SSSR count). The molecule has 2 aromatic carbocycles. The van der Waals surface area contributed by atoms with E-state index in [1.54, 1.807) is 12.1 Å². The van der Waals surface area contributed by atoms with Crippen LogP contribution in [0.1, 0.15) is 25.3 Å². The van der Waals surface area contributed by atoms with Gasteiger partial charge in [-0.2, -0.15) is 0 Å². The van der Waals surface area contributed by atoms with Gasteiger partial charge in [0.1, 0.15) is 5.75 Å². The van der Waals surface area contributed by atoms with Gasteiger partial charge < -0.3 is 15.4 Å². The van der Waals surface area contributed by atoms with Crippen LogP contribution in [-0.2, 0) is 9.59 Å². The maximum Gasteiger partial charge on any atom is 0.258 e. The minimum Gasteiger partial charge on any atom is -0.484 e. The summed E-state index contributed by atoms with van der Waals surface area (Å²) in [6.45, 7) is 4.00. The quantitative estimate of drug-likeness (QED) is 0.822. The molecule has 2 N–H and O–H groups in total. The topological polar surface area (TPSA) is 67.4 Å². The number of hydrogen-bond acceptors (Lipinski definition) is 3. The Labute approximate surface area is 142 Å². The summed E-state index contributed by atoms with van der Waals surface area (Å²) < 4.78 is 5.31. The maximum atomic E-state index is 11.8. The van der Waals surface area contributed by atoms with Gasteiger partial charge in [0.2, 0.25) is 5.91 Å². The van der Waals surface area contributed by atoms with Gasteiger partial charge in [-0.05, 0) is 35.7 Å². The SMILES string of the molecule is CC(C)c1ccc(NC(=O)CNC(=O)COc2ccccc2)cc1. The number of benzene rings is 2. The van der Waals surface area contributed by atoms with Crippen molar-refractivity contribution in [3.05, 3.63) is 60.2 Å². The van der Waals surface area contributed by atoms with E-state index < -0.39 is 0 Å². The van der Waals surface area contributed by atoms with E-state index in [4.69, 9.17) is 4.74 Å². The van der Waals surface area contributed by atoms with Crippen molar-refractivity contribution in [2.45, 2.75) is 19.8 Å². The summed E-state index contributed by atoms with van der Waals surface area (Å²) in [5.74, 6) is 0.436. The molecule has 0 fully saturated rings. The van der Waals surface area contributed by atoms with Crippen LogP contribution in [-0.4, -0.2) is 25.0 Å². The van der Waals surface area contributed by atoms with E-state index in [-0.39, 0.29) is 25.0 Å². The van der Waals surface area contributed by atoms with Crippen molar-refractivity contribution in [3.63, 3.8) is 0 Å². The second-order valence-electron chi connectivity index (χ2n) is 5.70. The first-order valence-corrected chi connectivity index (χ1v) is 7.89. The van der Waals surface area contributed by atoms with E-state index >= 15 is 0 Å². The fraction of sp³-hybridized carbons (Fsp3) is 0.263. The Bertz CT molecular complexity index is 667. The lowest BCUT2D eigenvalue weighted by Crippen LogP contribution is -2.35. The Morgan fingerprint density at radius 1 is 0.958 bits per heavy atom. The molecule has 0 atom stereocenters. The van der Waals surface area contributed by atoms with Gasteiger partial charge in [0.15, 0.2) is 6.61 Å². The van der Waals surface area contributed by atoms with Crippen LogP contribution >= 0.6 is 0 Å². The summed E-state index contributed by atoms with van der Waals surface area (Å²) in [4.78, 5) is 23.5. The van der Waals surface area contributed by atoms with E-state index in [1.807, 2.05) is 42.5 Å². The minimum atomic E-state index is -0.343. The molecule has 24 heavy (non-hydrogen) atoms. The van der Waals surface area contributed by atoms with E-state index in [9.17, 15) is 9.59 Å². The van der Waals surface area contributed by atoms with Crippen LogP contribution in [0.25, 0.3) is 0 Å². The largest absolute Gasteiger partial charge is 0.484 e. The Morgan fingerprint density at radius 2 is 1.62 bits per heavy atom. The number of rotatable bonds is 7. The van der Waals surface area contributed by atoms with E-state index in [0.29, 0.717) is 17.4 Å². The van der Waals surface area contributed by atoms with Gasteiger partial charge >= 0.3 is 0 Å². The van der Waals surface area contributed by atoms with Crippen LogP contribution < -0.4 is 15.4 Å². The van der Waals surface area contributed by atoms with Crippen molar-refractivity contribution in [2.24, 2.45) is 0 Å². The average Bonchev–Trinajstić information content (AvgIpc) is 2.59. The molecule has 2 amide bonds. The molecule has 126 valence electrons. The molecule has 0 unspecified atom stereocenters. The number of carbonyl (C=O) groups is 2. The third kappa shape index (κ3) is 5.76. The van der Waals surface area contributed by atoms with Crippen molar-refractivity contribution in [1.29, 1.82) is 0 Å². The lowest BCUT2D eigenvalue weighted by atomic mass is 10.0. The van der Waals surface area contributed by atoms with Crippen LogP contribution in [0.5, 0.6) is 5.75 Å². The maximum absolute atomic E-state index is 11.8. The molecular formula is C19H22N2O3. The van der Waals surface area contributed by atoms with Crippen LogP contribution in [0.4, 0.5) is 5.69 Å². The zero-order valence-electron chi connectivity index (χ0n) is 13.9. The summed E-state index contributed by atoms with van der Waals surface area (Å²) in [5.41, 5.74) is 1.92. The molecule has 0 radical (unpaired) electrons. The number of nitrogens with one attached hydrogen (secondary N) is 2. The molecule has 0 aliphatic carbocycles. The third-order valence-corrected chi connectivity index (χ3v) is 3.42. The van der Waals surface area contributed by atoms with Gasteiger partial charge in [0.25, 0.3) is 5.91 Å². The number of anilines is 1. The summed E-state index contributed by atoms with van der Waals surface area (Å²) in [5, 5.41) is 5.27. The molecule has 0 aliphatic heterocycles. The monoisotopic (exact) mass is 326 g/mol. The molecule has 5 heteroatoms. The molecular weight excluding hydrogens is 304 g/mol. The van der Waals surface area contributed by atoms with Crippen molar-refractivity contribution in [2.75, 3.05) is 18.5 Å². The Balaban J connectivity index is 1.71. The first-order chi connectivity index (χ1) is 11.5. The van der Waals surface area contributed by atoms with Crippen LogP contribution in [0, 0.1) is 0 Å². The minimum absolute atomic E-state index is 0.0943. The summed E-state index contributed by atoms with van der Waals surface area (Å²) in [6.07, 6.45) is 0. The first kappa shape index (κ1) is 17.5. The molecule has 0 bridgehead atoms. The van der Waals surface area contributed by atoms with Crippen molar-refractivity contribution in [1.82, 2.24) is 5.32 Å². The molecule has 0 heterocycles. The van der Waals surface area contributed by atoms with E-state index in [1.165, 1.54) is 5.56 Å². The molecule has 0 saturated heterocycles. The van der Waals surface area contributed by atoms with Crippen LogP contribution in [0.3, 0.4) is 0 Å². The molecule has 0 spiro atoms. The molecule has 0 aromatic heterocycles. The second kappa shape index (κ2) is 8.72. The number of hydrogen-bond donors (Lipinski definition) is 2. The summed E-state index contributed by atoms with van der Waals surface area (Å²) in [7, 11) is 0. The number of para-hydroxylation sites is 1. The fourth-order valence-electron chi connectivity index (χ4n) is 2.05. The number of ether oxygens (including phenoxy) is 1. The smallest absolute Gasteiger partial charge is 0.258 e. The Hall–Kier alpha value is -2.82. The first-order valence-electron chi connectivity index (χ1n) is 7.89. The molecule has 0 saturated carbocycles. The van der Waals surface area contributed by atoms with Crippen molar-refractivity contribution in [3.8, 4) is 5.75 Å². The van der Waals surface area contributed by atoms with Gasteiger partial charge in [0.05, 0.1) is 6.54 Å². The van der Waals surface area contributed by atoms with Crippen LogP contribution in [0.15, 0.2) is 54.6 Å². The standard InChI is InChI=1S/C19H22N2O3/c1-14(2)15-8-10-16(11-9-15)21-18(22)12-20-19(23)13-24-17-6-4-3-5-7-17/h3-11,14H,12-13H2,1-2H3,(H,20,23)(H,21,22). The highest BCUT2D eigenvalue weighted by Crippen LogP contribution is 2.16. The summed E-state index contributed by atoms with van der Waals surface area (Å²) >= 11 is 0. The van der Waals surface area contributed by atoms with Crippen LogP contribution in [0.2, 0.25) is 0 Å². The Morgan fingerprint density at radius 3 is 2.25 bits per heavy atom. The highest BCUT2D eigenvalue weighted by Gasteiger charge is 2.07. The van der Waals surface area contributed by atoms with Crippen molar-refractivity contribution < 1.29 is 14.3 Å². The van der Waals surface area contributed by atoms with Gasteiger partial charge in [-0.15, -0.1) is 0 Å². The molecule has 0 aliphatic rings. The van der Waals surface area contributed by atoms with Gasteiger partial charge in [0, 0.05) is 5.69 Å². The summed E-state index contributed by atoms with van der Waals surface area (Å²) in [6, 6.07) is 16.7. The highest BCUT2D eigenvalue weighted by atomic mass is 16.5. The zero-order valence-corrected chi connectivity index (χ0v) is 13.9. The number of carbonyl (C=O) groups excluding carboxylic acids is 2. The van der Waals surface area contributed by atoms with Crippen molar-refractivity contribution >= 4 is 17.5 Å². The fourth-order valence-corrected chi connectivity index (χ4v) is 2.05. The van der Waals surface area contributed by atoms with E-state index in [0.717, 1.165) is 0 Å². The predicted molar refractivity (Wildman–Crippen MR) is 94.1 cm³/mol. The third-order valence-electron chi connectivity index (χ3n) is 3.42. The Kier molecular flexibility index (Phi) is 6.37. The lowest BCUT2D eigenvalue weighted by molar-refractivity contribution is -0.125. The van der Waals surface area contributed by atoms with E-state index in [2.05, 4.69) is 24.5 Å². The number of amides is 2. The average molecular weight is 326 g/mol. The van der Waals surface area contributed by atoms with Gasteiger partial charge in [-0.1, -0.05) is 44.2 Å². The normalized spacial score (nSPS) is 10.3. The second-order valence-corrected chi connectivity index (χ2v) is 5.70. The highest BCUT2D eigenvalue weighted by molar-refractivity contribution is 5.94. The molecule has 2 aromatic rings. The predicted octanol–water partition coefficient (Wildman–Crippen LogP) is 2.94. The zero-order chi connectivity index (χ0) is 17.4. The van der Waals surface area contributed by atoms with Gasteiger partial charge in [-0.25, -0.2) is 0 Å². The molecule has 5 nitrogen and oxygen atoms in total.